The summed E-state index contributed by atoms with van der Waals surface area (Å²) in [4.78, 5) is 26.1. The fourth-order valence-electron chi connectivity index (χ4n) is 3.81. The van der Waals surface area contributed by atoms with Crippen molar-refractivity contribution >= 4 is 11.7 Å². The molecule has 32 heavy (non-hydrogen) atoms. The van der Waals surface area contributed by atoms with Gasteiger partial charge in [-0.3, -0.25) is 4.79 Å². The fraction of sp³-hybridized carbons (Fsp3) is 0.391. The summed E-state index contributed by atoms with van der Waals surface area (Å²) in [5.74, 6) is 3.76. The highest BCUT2D eigenvalue weighted by Crippen LogP contribution is 2.39. The summed E-state index contributed by atoms with van der Waals surface area (Å²) in [7, 11) is 3.15. The highest BCUT2D eigenvalue weighted by Gasteiger charge is 2.30. The summed E-state index contributed by atoms with van der Waals surface area (Å²) in [6.07, 6.45) is 4.02. The minimum atomic E-state index is -0.0336. The Morgan fingerprint density at radius 1 is 1.03 bits per heavy atom. The van der Waals surface area contributed by atoms with E-state index >= 15 is 0 Å². The van der Waals surface area contributed by atoms with Gasteiger partial charge in [-0.05, 0) is 37.1 Å². The second-order valence-electron chi connectivity index (χ2n) is 8.02. The quantitative estimate of drug-likeness (QED) is 0.583. The minimum Gasteiger partial charge on any atom is -0.497 e. The molecule has 0 spiro atoms. The van der Waals surface area contributed by atoms with Crippen LogP contribution in [0.2, 0.25) is 0 Å². The molecule has 5 rings (SSSR count). The summed E-state index contributed by atoms with van der Waals surface area (Å²) in [6.45, 7) is 2.62. The van der Waals surface area contributed by atoms with Crippen LogP contribution in [0.15, 0.2) is 41.1 Å². The van der Waals surface area contributed by atoms with Crippen LogP contribution in [0.5, 0.6) is 11.5 Å². The summed E-state index contributed by atoms with van der Waals surface area (Å²) < 4.78 is 15.9. The maximum Gasteiger partial charge on any atom is 0.254 e. The summed E-state index contributed by atoms with van der Waals surface area (Å²) in [6, 6.07) is 9.16. The Morgan fingerprint density at radius 2 is 1.75 bits per heavy atom. The number of carbonyl (C=O) groups excluding carboxylic acids is 1. The molecule has 2 aromatic heterocycles. The van der Waals surface area contributed by atoms with Crippen LogP contribution in [-0.4, -0.2) is 66.3 Å². The Balaban J connectivity index is 1.22. The number of nitrogens with zero attached hydrogens (tertiary/aromatic N) is 5. The number of aromatic nitrogens is 3. The first-order valence-electron chi connectivity index (χ1n) is 10.7. The monoisotopic (exact) mass is 435 g/mol. The van der Waals surface area contributed by atoms with Gasteiger partial charge in [0.15, 0.2) is 0 Å². The number of piperazine rings is 1. The molecule has 0 bridgehead atoms. The lowest BCUT2D eigenvalue weighted by molar-refractivity contribution is 0.0745. The number of ether oxygens (including phenoxy) is 2. The number of anilines is 1. The Kier molecular flexibility index (Phi) is 5.38. The zero-order valence-corrected chi connectivity index (χ0v) is 18.2. The number of hydrogen-bond donors (Lipinski definition) is 0. The van der Waals surface area contributed by atoms with Gasteiger partial charge in [0.25, 0.3) is 5.91 Å². The largest absolute Gasteiger partial charge is 0.497 e. The normalized spacial score (nSPS) is 16.2. The molecule has 1 saturated heterocycles. The van der Waals surface area contributed by atoms with Gasteiger partial charge in [0.05, 0.1) is 14.2 Å². The Morgan fingerprint density at radius 3 is 2.34 bits per heavy atom. The zero-order chi connectivity index (χ0) is 22.1. The molecule has 0 atom stereocenters. The maximum atomic E-state index is 13.0. The van der Waals surface area contributed by atoms with Crippen LogP contribution >= 0.6 is 0 Å². The highest BCUT2D eigenvalue weighted by atomic mass is 16.5. The van der Waals surface area contributed by atoms with Crippen molar-refractivity contribution in [3.05, 3.63) is 48.0 Å². The summed E-state index contributed by atoms with van der Waals surface area (Å²) in [5.41, 5.74) is 1.40. The Bertz CT molecular complexity index is 1080. The molecule has 3 aromatic rings. The lowest BCUT2D eigenvalue weighted by Gasteiger charge is -2.35. The lowest BCUT2D eigenvalue weighted by atomic mass is 10.1. The van der Waals surface area contributed by atoms with Crippen molar-refractivity contribution in [3.8, 4) is 22.9 Å². The van der Waals surface area contributed by atoms with E-state index in [2.05, 4.69) is 20.0 Å². The third-order valence-corrected chi connectivity index (χ3v) is 5.86. The second-order valence-corrected chi connectivity index (χ2v) is 8.02. The first-order chi connectivity index (χ1) is 15.6. The van der Waals surface area contributed by atoms with Gasteiger partial charge in [-0.2, -0.15) is 4.98 Å². The van der Waals surface area contributed by atoms with Crippen molar-refractivity contribution in [1.82, 2.24) is 20.0 Å². The van der Waals surface area contributed by atoms with Gasteiger partial charge in [0.2, 0.25) is 11.7 Å². The van der Waals surface area contributed by atoms with Gasteiger partial charge in [-0.25, -0.2) is 4.98 Å². The predicted molar refractivity (Wildman–Crippen MR) is 117 cm³/mol. The van der Waals surface area contributed by atoms with E-state index in [1.807, 2.05) is 17.0 Å². The number of amides is 1. The van der Waals surface area contributed by atoms with Crippen LogP contribution < -0.4 is 14.4 Å². The maximum absolute atomic E-state index is 13.0. The van der Waals surface area contributed by atoms with Crippen LogP contribution in [0.25, 0.3) is 11.4 Å². The van der Waals surface area contributed by atoms with E-state index in [9.17, 15) is 4.79 Å². The average molecular weight is 435 g/mol. The first-order valence-corrected chi connectivity index (χ1v) is 10.7. The van der Waals surface area contributed by atoms with Crippen LogP contribution in [-0.2, 0) is 0 Å². The number of pyridine rings is 1. The molecule has 0 N–H and O–H groups in total. The SMILES string of the molecule is COc1cc(OC)cc(C(=O)N2CCN(c3ccc(-c4noc(C5CC5)n4)cn3)CC2)c1. The third-order valence-electron chi connectivity index (χ3n) is 5.86. The van der Waals surface area contributed by atoms with Gasteiger partial charge in [-0.15, -0.1) is 0 Å². The number of carbonyl (C=O) groups is 1. The van der Waals surface area contributed by atoms with Crippen molar-refractivity contribution in [2.75, 3.05) is 45.3 Å². The number of hydrogen-bond acceptors (Lipinski definition) is 8. The van der Waals surface area contributed by atoms with Gasteiger partial charge in [0.1, 0.15) is 17.3 Å². The van der Waals surface area contributed by atoms with Crippen molar-refractivity contribution in [2.45, 2.75) is 18.8 Å². The number of methoxy groups -OCH3 is 2. The molecule has 1 aromatic carbocycles. The first kappa shape index (κ1) is 20.3. The van der Waals surface area contributed by atoms with E-state index in [0.29, 0.717) is 55.0 Å². The van der Waals surface area contributed by atoms with Crippen molar-refractivity contribution in [3.63, 3.8) is 0 Å². The molecule has 1 amide bonds. The van der Waals surface area contributed by atoms with Crippen LogP contribution in [0, 0.1) is 0 Å². The summed E-state index contributed by atoms with van der Waals surface area (Å²) in [5, 5.41) is 4.07. The molecule has 2 aliphatic rings. The highest BCUT2D eigenvalue weighted by molar-refractivity contribution is 5.95. The molecule has 9 heteroatoms. The third kappa shape index (κ3) is 4.10. The van der Waals surface area contributed by atoms with E-state index in [1.54, 1.807) is 38.6 Å². The molecule has 0 radical (unpaired) electrons. The molecular weight excluding hydrogens is 410 g/mol. The van der Waals surface area contributed by atoms with E-state index in [1.165, 1.54) is 0 Å². The number of benzene rings is 1. The smallest absolute Gasteiger partial charge is 0.254 e. The zero-order valence-electron chi connectivity index (χ0n) is 18.2. The van der Waals surface area contributed by atoms with E-state index in [-0.39, 0.29) is 5.91 Å². The predicted octanol–water partition coefficient (Wildman–Crippen LogP) is 2.99. The Labute approximate surface area is 185 Å². The van der Waals surface area contributed by atoms with Crippen LogP contribution in [0.4, 0.5) is 5.82 Å². The van der Waals surface area contributed by atoms with Gasteiger partial charge < -0.3 is 23.8 Å². The lowest BCUT2D eigenvalue weighted by Crippen LogP contribution is -2.49. The van der Waals surface area contributed by atoms with E-state index in [0.717, 1.165) is 30.1 Å². The summed E-state index contributed by atoms with van der Waals surface area (Å²) >= 11 is 0. The molecule has 166 valence electrons. The molecule has 3 heterocycles. The minimum absolute atomic E-state index is 0.0336. The molecule has 0 unspecified atom stereocenters. The topological polar surface area (TPSA) is 93.8 Å². The van der Waals surface area contributed by atoms with E-state index in [4.69, 9.17) is 14.0 Å². The molecule has 9 nitrogen and oxygen atoms in total. The molecule has 1 aliphatic heterocycles. The second kappa shape index (κ2) is 8.49. The van der Waals surface area contributed by atoms with Crippen LogP contribution in [0.3, 0.4) is 0 Å². The fourth-order valence-corrected chi connectivity index (χ4v) is 3.81. The van der Waals surface area contributed by atoms with Gasteiger partial charge >= 0.3 is 0 Å². The van der Waals surface area contributed by atoms with Crippen molar-refractivity contribution in [2.24, 2.45) is 0 Å². The van der Waals surface area contributed by atoms with Crippen LogP contribution in [0.1, 0.15) is 35.0 Å². The molecule has 1 saturated carbocycles. The van der Waals surface area contributed by atoms with Gasteiger partial charge in [-0.1, -0.05) is 5.16 Å². The molecule has 1 aliphatic carbocycles. The van der Waals surface area contributed by atoms with Crippen molar-refractivity contribution < 1.29 is 18.8 Å². The van der Waals surface area contributed by atoms with E-state index < -0.39 is 0 Å². The average Bonchev–Trinajstić information content (AvgIpc) is 3.59. The van der Waals surface area contributed by atoms with Crippen molar-refractivity contribution in [1.29, 1.82) is 0 Å². The standard InChI is InChI=1S/C23H25N5O4/c1-30-18-11-17(12-19(13-18)31-2)23(29)28-9-7-27(8-10-28)20-6-5-16(14-24-20)21-25-22(32-26-21)15-3-4-15/h5-6,11-15H,3-4,7-10H2,1-2H3. The van der Waals surface area contributed by atoms with Gasteiger partial charge in [0, 0.05) is 55.5 Å². The molecule has 2 fully saturated rings. The Hall–Kier alpha value is -3.62. The number of rotatable bonds is 6. The molecular formula is C23H25N5O4.